The molecule has 22 heavy (non-hydrogen) atoms. The molecule has 0 heterocycles. The Morgan fingerprint density at radius 2 is 0.909 bits per heavy atom. The van der Waals surface area contributed by atoms with Gasteiger partial charge in [-0.05, 0) is 19.3 Å². The number of hydrogen-bond acceptors (Lipinski definition) is 0. The van der Waals surface area contributed by atoms with Gasteiger partial charge in [0.05, 0.1) is 27.2 Å². The Bertz CT molecular complexity index is 210. The Balaban J connectivity index is 3.17. The third kappa shape index (κ3) is 16.3. The fourth-order valence-corrected chi connectivity index (χ4v) is 3.21. The van der Waals surface area contributed by atoms with Crippen LogP contribution >= 0.6 is 0 Å². The molecule has 0 aliphatic heterocycles. The predicted molar refractivity (Wildman–Crippen MR) is 102 cm³/mol. The summed E-state index contributed by atoms with van der Waals surface area (Å²) in [5, 5.41) is 0. The lowest BCUT2D eigenvalue weighted by Crippen LogP contribution is -2.41. The highest BCUT2D eigenvalue weighted by Gasteiger charge is 2.12. The fraction of sp³-hybridized carbons (Fsp3) is 0.952. The second-order valence-corrected chi connectivity index (χ2v) is 7.83. The van der Waals surface area contributed by atoms with Gasteiger partial charge in [0.15, 0.2) is 0 Å². The van der Waals surface area contributed by atoms with Gasteiger partial charge in [-0.2, -0.15) is 6.42 Å². The van der Waals surface area contributed by atoms with Crippen LogP contribution in [0, 0.1) is 6.92 Å². The molecule has 0 amide bonds. The minimum Gasteiger partial charge on any atom is -0.343 e. The molecule has 0 fully saturated rings. The van der Waals surface area contributed by atoms with Crippen LogP contribution in [0.3, 0.4) is 0 Å². The summed E-state index contributed by atoms with van der Waals surface area (Å²) in [6.07, 6.45) is 21.2. The molecule has 0 aliphatic rings. The van der Waals surface area contributed by atoms with Gasteiger partial charge in [0.25, 0.3) is 0 Å². The van der Waals surface area contributed by atoms with Crippen LogP contribution in [-0.2, 0) is 0 Å². The van der Waals surface area contributed by atoms with Crippen LogP contribution in [0.1, 0.15) is 103 Å². The van der Waals surface area contributed by atoms with E-state index in [4.69, 9.17) is 0 Å². The molecule has 0 aliphatic carbocycles. The lowest BCUT2D eigenvalue weighted by atomic mass is 10.0. The number of rotatable bonds is 17. The smallest absolute Gasteiger partial charge is 0.0782 e. The van der Waals surface area contributed by atoms with Gasteiger partial charge < -0.3 is 11.4 Å². The van der Waals surface area contributed by atoms with Gasteiger partial charge >= 0.3 is 0 Å². The summed E-state index contributed by atoms with van der Waals surface area (Å²) >= 11 is 0. The molecule has 0 aromatic rings. The highest BCUT2D eigenvalue weighted by molar-refractivity contribution is 4.49. The van der Waals surface area contributed by atoms with E-state index >= 15 is 0 Å². The molecule has 0 aromatic carbocycles. The van der Waals surface area contributed by atoms with Crippen molar-refractivity contribution in [2.24, 2.45) is 0 Å². The van der Waals surface area contributed by atoms with Crippen molar-refractivity contribution >= 4 is 0 Å². The van der Waals surface area contributed by atoms with E-state index in [0.29, 0.717) is 0 Å². The maximum Gasteiger partial charge on any atom is 0.0782 e. The van der Waals surface area contributed by atoms with Crippen LogP contribution in [0.15, 0.2) is 0 Å². The minimum absolute atomic E-state index is 1.08. The first-order valence-corrected chi connectivity index (χ1v) is 10.2. The normalized spacial score (nSPS) is 12.0. The van der Waals surface area contributed by atoms with Gasteiger partial charge in [-0.3, -0.25) is 0 Å². The average Bonchev–Trinajstić information content (AvgIpc) is 2.50. The van der Waals surface area contributed by atoms with E-state index in [9.17, 15) is 0 Å². The van der Waals surface area contributed by atoms with Crippen LogP contribution < -0.4 is 0 Å². The lowest BCUT2D eigenvalue weighted by Gasteiger charge is -2.30. The summed E-state index contributed by atoms with van der Waals surface area (Å²) in [6, 6.07) is 0. The van der Waals surface area contributed by atoms with Crippen LogP contribution in [0.5, 0.6) is 0 Å². The van der Waals surface area contributed by atoms with Crippen LogP contribution in [-0.4, -0.2) is 31.7 Å². The summed E-state index contributed by atoms with van der Waals surface area (Å²) in [5.41, 5.74) is 0. The zero-order valence-electron chi connectivity index (χ0n) is 16.2. The van der Waals surface area contributed by atoms with Crippen LogP contribution in [0.2, 0.25) is 0 Å². The number of hydrogen-bond donors (Lipinski definition) is 0. The van der Waals surface area contributed by atoms with Crippen molar-refractivity contribution in [3.8, 4) is 0 Å². The second-order valence-electron chi connectivity index (χ2n) is 7.83. The van der Waals surface area contributed by atoms with Crippen molar-refractivity contribution in [3.63, 3.8) is 0 Å². The Morgan fingerprint density at radius 1 is 0.545 bits per heavy atom. The predicted octanol–water partition coefficient (Wildman–Crippen LogP) is 6.77. The number of quaternary nitrogens is 1. The Labute approximate surface area is 142 Å². The standard InChI is InChI=1S/C21H45N/c1-5-7-9-10-11-12-13-14-15-16-17-18-19-21-22(3,4)20-8-6-2/h2,5-21H2,1,3-4H3. The van der Waals surface area contributed by atoms with Crippen molar-refractivity contribution in [1.82, 2.24) is 0 Å². The summed E-state index contributed by atoms with van der Waals surface area (Å²) < 4.78 is 1.19. The molecule has 0 rings (SSSR count). The minimum atomic E-state index is 1.08. The average molecular weight is 312 g/mol. The van der Waals surface area contributed by atoms with Gasteiger partial charge in [0.2, 0.25) is 0 Å². The van der Waals surface area contributed by atoms with E-state index in [2.05, 4.69) is 27.9 Å². The first kappa shape index (κ1) is 22.0. The summed E-state index contributed by atoms with van der Waals surface area (Å²) in [4.78, 5) is 0. The maximum absolute atomic E-state index is 3.95. The van der Waals surface area contributed by atoms with Gasteiger partial charge in [0.1, 0.15) is 0 Å². The topological polar surface area (TPSA) is 0 Å². The summed E-state index contributed by atoms with van der Waals surface area (Å²) in [7, 11) is 4.74. The van der Waals surface area contributed by atoms with E-state index in [1.165, 1.54) is 107 Å². The molecule has 0 radical (unpaired) electrons. The molecule has 0 bridgehead atoms. The zero-order chi connectivity index (χ0) is 16.5. The largest absolute Gasteiger partial charge is 0.343 e. The molecule has 0 saturated heterocycles. The van der Waals surface area contributed by atoms with Crippen molar-refractivity contribution in [2.75, 3.05) is 27.2 Å². The highest BCUT2D eigenvalue weighted by Crippen LogP contribution is 2.13. The molecule has 1 heteroatoms. The highest BCUT2D eigenvalue weighted by atomic mass is 15.3. The molecule has 0 aromatic heterocycles. The SMILES string of the molecule is [CH2-]CCC[N+](C)(C)CCCCCCCCCCCCCCC. The van der Waals surface area contributed by atoms with Gasteiger partial charge in [-0.25, -0.2) is 0 Å². The fourth-order valence-electron chi connectivity index (χ4n) is 3.21. The first-order chi connectivity index (χ1) is 10.6. The van der Waals surface area contributed by atoms with Crippen molar-refractivity contribution in [2.45, 2.75) is 103 Å². The molecular weight excluding hydrogens is 266 g/mol. The van der Waals surface area contributed by atoms with E-state index in [1.807, 2.05) is 0 Å². The molecule has 0 saturated carbocycles. The van der Waals surface area contributed by atoms with Gasteiger partial charge in [0, 0.05) is 0 Å². The Morgan fingerprint density at radius 3 is 1.32 bits per heavy atom. The Hall–Kier alpha value is -0.0400. The van der Waals surface area contributed by atoms with Crippen LogP contribution in [0.25, 0.3) is 0 Å². The third-order valence-corrected chi connectivity index (χ3v) is 4.88. The number of nitrogens with zero attached hydrogens (tertiary/aromatic N) is 1. The molecule has 1 nitrogen and oxygen atoms in total. The van der Waals surface area contributed by atoms with Crippen molar-refractivity contribution < 1.29 is 4.48 Å². The third-order valence-electron chi connectivity index (χ3n) is 4.88. The number of unbranched alkanes of at least 4 members (excludes halogenated alkanes) is 13. The van der Waals surface area contributed by atoms with E-state index < -0.39 is 0 Å². The van der Waals surface area contributed by atoms with E-state index in [1.54, 1.807) is 0 Å². The summed E-state index contributed by atoms with van der Waals surface area (Å²) in [6.45, 7) is 8.88. The summed E-state index contributed by atoms with van der Waals surface area (Å²) in [5.74, 6) is 0. The lowest BCUT2D eigenvalue weighted by molar-refractivity contribution is -0.890. The van der Waals surface area contributed by atoms with Crippen molar-refractivity contribution in [3.05, 3.63) is 6.92 Å². The maximum atomic E-state index is 3.95. The first-order valence-electron chi connectivity index (χ1n) is 10.2. The molecule has 0 spiro atoms. The molecular formula is C21H45N. The van der Waals surface area contributed by atoms with Gasteiger partial charge in [-0.15, -0.1) is 0 Å². The van der Waals surface area contributed by atoms with Crippen LogP contribution in [0.4, 0.5) is 0 Å². The van der Waals surface area contributed by atoms with E-state index in [-0.39, 0.29) is 0 Å². The van der Waals surface area contributed by atoms with E-state index in [0.717, 1.165) is 6.42 Å². The van der Waals surface area contributed by atoms with Gasteiger partial charge in [-0.1, -0.05) is 77.6 Å². The molecule has 134 valence electrons. The molecule has 0 unspecified atom stereocenters. The quantitative estimate of drug-likeness (QED) is 0.158. The molecule has 0 N–H and O–H groups in total. The van der Waals surface area contributed by atoms with Crippen molar-refractivity contribution in [1.29, 1.82) is 0 Å². The second kappa shape index (κ2) is 15.8. The Kier molecular flexibility index (Phi) is 15.8. The zero-order valence-corrected chi connectivity index (χ0v) is 16.2. The molecule has 0 atom stereocenters. The monoisotopic (exact) mass is 311 g/mol.